The lowest BCUT2D eigenvalue weighted by Crippen LogP contribution is -2.52. The number of halogens is 3. The maximum atomic E-state index is 13.5. The summed E-state index contributed by atoms with van der Waals surface area (Å²) in [7, 11) is 0. The quantitative estimate of drug-likeness (QED) is 0.572. The molecule has 2 saturated heterocycles. The van der Waals surface area contributed by atoms with Gasteiger partial charge in [-0.1, -0.05) is 12.1 Å². The summed E-state index contributed by atoms with van der Waals surface area (Å²) >= 11 is 0. The molecule has 2 atom stereocenters. The minimum absolute atomic E-state index is 0.0601. The fourth-order valence-corrected chi connectivity index (χ4v) is 3.72. The Morgan fingerprint density at radius 3 is 2.51 bits per heavy atom. The minimum atomic E-state index is -4.85. The van der Waals surface area contributed by atoms with Gasteiger partial charge in [-0.3, -0.25) is 9.59 Å². The Labute approximate surface area is 198 Å². The Kier molecular flexibility index (Phi) is 7.17. The van der Waals surface area contributed by atoms with Crippen LogP contribution in [-0.4, -0.2) is 68.3 Å². The van der Waals surface area contributed by atoms with Crippen LogP contribution in [0.2, 0.25) is 0 Å². The Bertz CT molecular complexity index is 1120. The van der Waals surface area contributed by atoms with Crippen molar-refractivity contribution in [3.8, 4) is 16.9 Å². The number of aromatic nitrogens is 1. The van der Waals surface area contributed by atoms with Crippen molar-refractivity contribution in [3.05, 3.63) is 51.9 Å². The van der Waals surface area contributed by atoms with Gasteiger partial charge in [-0.05, 0) is 30.7 Å². The number of nitrogens with two attached hydrogens (primary N) is 1. The Morgan fingerprint density at radius 1 is 1.20 bits per heavy atom. The molecule has 2 aromatic rings. The first-order valence-corrected chi connectivity index (χ1v) is 10.9. The number of benzene rings is 1. The molecule has 1 aromatic carbocycles. The van der Waals surface area contributed by atoms with E-state index < -0.39 is 34.5 Å². The van der Waals surface area contributed by atoms with E-state index in [0.29, 0.717) is 38.8 Å². The van der Waals surface area contributed by atoms with Gasteiger partial charge in [0.1, 0.15) is 41.4 Å². The van der Waals surface area contributed by atoms with E-state index in [1.165, 1.54) is 24.3 Å². The topological polar surface area (TPSA) is 122 Å². The van der Waals surface area contributed by atoms with Crippen molar-refractivity contribution in [1.29, 1.82) is 0 Å². The van der Waals surface area contributed by atoms with Crippen LogP contribution in [0.3, 0.4) is 0 Å². The third kappa shape index (κ3) is 6.01. The molecule has 190 valence electrons. The molecule has 1 aromatic heterocycles. The number of aromatic amines is 1. The maximum absolute atomic E-state index is 13.5. The molecule has 0 bridgehead atoms. The third-order valence-corrected chi connectivity index (χ3v) is 5.59. The summed E-state index contributed by atoms with van der Waals surface area (Å²) in [6, 6.07) is 6.58. The first kappa shape index (κ1) is 25.2. The van der Waals surface area contributed by atoms with Crippen molar-refractivity contribution >= 4 is 5.91 Å². The molecule has 1 amide bonds. The summed E-state index contributed by atoms with van der Waals surface area (Å²) in [5.74, 6) is -0.741. The van der Waals surface area contributed by atoms with Gasteiger partial charge in [0, 0.05) is 5.56 Å². The predicted molar refractivity (Wildman–Crippen MR) is 116 cm³/mol. The van der Waals surface area contributed by atoms with E-state index in [-0.39, 0.29) is 29.9 Å². The molecule has 9 nitrogen and oxygen atoms in total. The number of hydrogen-bond acceptors (Lipinski definition) is 7. The zero-order chi connectivity index (χ0) is 25.2. The van der Waals surface area contributed by atoms with E-state index in [9.17, 15) is 22.8 Å². The average Bonchev–Trinajstić information content (AvgIpc) is 2.76. The molecule has 0 spiro atoms. The second kappa shape index (κ2) is 9.97. The van der Waals surface area contributed by atoms with Gasteiger partial charge in [-0.2, -0.15) is 13.2 Å². The van der Waals surface area contributed by atoms with Crippen LogP contribution >= 0.6 is 0 Å². The number of ether oxygens (including phenoxy) is 5. The molecule has 0 unspecified atom stereocenters. The van der Waals surface area contributed by atoms with Gasteiger partial charge in [-0.15, -0.1) is 0 Å². The lowest BCUT2D eigenvalue weighted by molar-refractivity contribution is -0.235. The molecule has 4 rings (SSSR count). The molecule has 0 aliphatic carbocycles. The number of H-pyrrole nitrogens is 1. The highest BCUT2D eigenvalue weighted by Gasteiger charge is 2.37. The van der Waals surface area contributed by atoms with Crippen LogP contribution in [0.25, 0.3) is 11.1 Å². The summed E-state index contributed by atoms with van der Waals surface area (Å²) in [6.07, 6.45) is -5.16. The second-order valence-corrected chi connectivity index (χ2v) is 8.67. The average molecular weight is 498 g/mol. The maximum Gasteiger partial charge on any atom is 0.431 e. The first-order valence-electron chi connectivity index (χ1n) is 10.9. The Balaban J connectivity index is 1.42. The number of rotatable bonds is 8. The van der Waals surface area contributed by atoms with Crippen molar-refractivity contribution in [2.45, 2.75) is 30.9 Å². The monoisotopic (exact) mass is 498 g/mol. The van der Waals surface area contributed by atoms with Crippen molar-refractivity contribution in [2.24, 2.45) is 5.73 Å². The van der Waals surface area contributed by atoms with Gasteiger partial charge in [0.2, 0.25) is 0 Å². The fourth-order valence-electron chi connectivity index (χ4n) is 3.72. The van der Waals surface area contributed by atoms with Gasteiger partial charge in [0.05, 0.1) is 33.0 Å². The molecule has 2 aliphatic rings. The largest absolute Gasteiger partial charge is 0.491 e. The number of nitrogens with one attached hydrogen (secondary N) is 1. The number of hydrogen-bond donors (Lipinski definition) is 2. The van der Waals surface area contributed by atoms with Gasteiger partial charge in [-0.25, -0.2) is 0 Å². The van der Waals surface area contributed by atoms with E-state index in [4.69, 9.17) is 29.4 Å². The van der Waals surface area contributed by atoms with Crippen LogP contribution in [0.15, 0.2) is 35.1 Å². The van der Waals surface area contributed by atoms with Gasteiger partial charge in [0.25, 0.3) is 11.5 Å². The smallest absolute Gasteiger partial charge is 0.431 e. The minimum Gasteiger partial charge on any atom is -0.491 e. The second-order valence-electron chi connectivity index (χ2n) is 8.67. The summed E-state index contributed by atoms with van der Waals surface area (Å²) in [4.78, 5) is 25.0. The number of carbonyl (C=O) groups excluding carboxylic acids is 1. The standard InChI is InChI=1S/C23H25F3N2O7/c1-22(12-34-15-7-31-8-15)11-32-9-16(35-22)10-33-14-4-2-13(3-5-14)17-6-18(20(27)29)21(30)28-19(17)23(24,25)26/h2-6,15-16H,7-12H2,1H3,(H2,27,29)(H,28,30)/t16-,22+/m0/s1. The van der Waals surface area contributed by atoms with Gasteiger partial charge < -0.3 is 34.4 Å². The molecule has 35 heavy (non-hydrogen) atoms. The zero-order valence-corrected chi connectivity index (χ0v) is 18.9. The highest BCUT2D eigenvalue weighted by Crippen LogP contribution is 2.36. The number of pyridine rings is 1. The van der Waals surface area contributed by atoms with Crippen LogP contribution in [0.1, 0.15) is 23.0 Å². The van der Waals surface area contributed by atoms with E-state index in [0.717, 1.165) is 6.07 Å². The molecule has 3 N–H and O–H groups in total. The zero-order valence-electron chi connectivity index (χ0n) is 18.9. The van der Waals surface area contributed by atoms with Crippen molar-refractivity contribution in [2.75, 3.05) is 39.6 Å². The van der Waals surface area contributed by atoms with Crippen molar-refractivity contribution < 1.29 is 41.7 Å². The van der Waals surface area contributed by atoms with Crippen molar-refractivity contribution in [1.82, 2.24) is 4.98 Å². The van der Waals surface area contributed by atoms with Gasteiger partial charge in [0.15, 0.2) is 0 Å². The molecule has 3 heterocycles. The number of carbonyl (C=O) groups is 1. The van der Waals surface area contributed by atoms with Crippen LogP contribution in [0.5, 0.6) is 5.75 Å². The number of alkyl halides is 3. The normalized spacial score (nSPS) is 23.0. The lowest BCUT2D eigenvalue weighted by atomic mass is 10.0. The van der Waals surface area contributed by atoms with Crippen LogP contribution in [0, 0.1) is 0 Å². The highest BCUT2D eigenvalue weighted by atomic mass is 19.4. The predicted octanol–water partition coefficient (Wildman–Crippen LogP) is 2.13. The Morgan fingerprint density at radius 2 is 1.91 bits per heavy atom. The molecule has 2 fully saturated rings. The summed E-state index contributed by atoms with van der Waals surface area (Å²) in [6.45, 7) is 4.21. The number of primary amides is 1. The number of amides is 1. The fraction of sp³-hybridized carbons (Fsp3) is 0.478. The molecule has 0 saturated carbocycles. The molecule has 12 heteroatoms. The first-order chi connectivity index (χ1) is 16.5. The SMILES string of the molecule is C[C@]1(COC2COC2)COC[C@@H](COc2ccc(-c3cc(C(N)=O)c(=O)[nH]c3C(F)(F)F)cc2)O1. The van der Waals surface area contributed by atoms with E-state index in [1.54, 1.807) is 4.98 Å². The van der Waals surface area contributed by atoms with Crippen LogP contribution in [-0.2, 0) is 25.1 Å². The van der Waals surface area contributed by atoms with Crippen molar-refractivity contribution in [3.63, 3.8) is 0 Å². The van der Waals surface area contributed by atoms with E-state index in [2.05, 4.69) is 0 Å². The third-order valence-electron chi connectivity index (χ3n) is 5.59. The van der Waals surface area contributed by atoms with E-state index in [1.807, 2.05) is 6.92 Å². The molecule has 0 radical (unpaired) electrons. The van der Waals surface area contributed by atoms with Crippen LogP contribution in [0.4, 0.5) is 13.2 Å². The summed E-state index contributed by atoms with van der Waals surface area (Å²) < 4.78 is 68.8. The molecular formula is C23H25F3N2O7. The van der Waals surface area contributed by atoms with Crippen LogP contribution < -0.4 is 16.0 Å². The van der Waals surface area contributed by atoms with E-state index >= 15 is 0 Å². The Hall–Kier alpha value is -2.93. The summed E-state index contributed by atoms with van der Waals surface area (Å²) in [5.41, 5.74) is 1.17. The lowest BCUT2D eigenvalue weighted by Gasteiger charge is -2.39. The van der Waals surface area contributed by atoms with Gasteiger partial charge >= 0.3 is 6.18 Å². The molecule has 2 aliphatic heterocycles. The molecular weight excluding hydrogens is 473 g/mol. The summed E-state index contributed by atoms with van der Waals surface area (Å²) in [5, 5.41) is 0. The highest BCUT2D eigenvalue weighted by molar-refractivity contribution is 5.94.